The van der Waals surface area contributed by atoms with Gasteiger partial charge in [0.15, 0.2) is 5.78 Å². The number of benzene rings is 2. The second-order valence-corrected chi connectivity index (χ2v) is 12.4. The number of hydrogen-bond donors (Lipinski definition) is 1. The van der Waals surface area contributed by atoms with Gasteiger partial charge in [-0.25, -0.2) is 4.39 Å². The third-order valence-electron chi connectivity index (χ3n) is 8.35. The number of Topliss-reactive ketones (excluding diaryl/α,β-unsaturated/α-hetero) is 1. The van der Waals surface area contributed by atoms with Crippen LogP contribution in [0.4, 0.5) is 10.1 Å². The number of nitrogens with one attached hydrogen (secondary N) is 1. The van der Waals surface area contributed by atoms with Gasteiger partial charge in [0.25, 0.3) is 0 Å². The van der Waals surface area contributed by atoms with E-state index >= 15 is 0 Å². The normalized spacial score (nSPS) is 21.4. The summed E-state index contributed by atoms with van der Waals surface area (Å²) in [6.07, 6.45) is 2.00. The molecule has 4 rings (SSSR count). The van der Waals surface area contributed by atoms with Crippen LogP contribution in [0.2, 0.25) is 0 Å². The first kappa shape index (κ1) is 29.3. The Morgan fingerprint density at radius 1 is 1.03 bits per heavy atom. The summed E-state index contributed by atoms with van der Waals surface area (Å²) in [7, 11) is -0.574. The van der Waals surface area contributed by atoms with Gasteiger partial charge in [-0.2, -0.15) is 0 Å². The van der Waals surface area contributed by atoms with Gasteiger partial charge in [-0.1, -0.05) is 44.2 Å². The lowest BCUT2D eigenvalue weighted by Gasteiger charge is -2.42. The minimum atomic E-state index is -0.574. The molecule has 0 spiro atoms. The zero-order valence-electron chi connectivity index (χ0n) is 24.1. The Morgan fingerprint density at radius 3 is 2.18 bits per heavy atom. The largest absolute Gasteiger partial charge is 0.481 e. The summed E-state index contributed by atoms with van der Waals surface area (Å²) in [4.78, 5) is 29.4. The summed E-state index contributed by atoms with van der Waals surface area (Å²) < 4.78 is 26.0. The predicted molar refractivity (Wildman–Crippen MR) is 153 cm³/mol. The molecule has 0 aromatic heterocycles. The molecule has 1 amide bonds. The summed E-state index contributed by atoms with van der Waals surface area (Å²) in [6.45, 7) is 13.0. The average molecular weight is 536 g/mol. The quantitative estimate of drug-likeness (QED) is 0.391. The fourth-order valence-electron chi connectivity index (χ4n) is 5.30. The predicted octanol–water partition coefficient (Wildman–Crippen LogP) is 5.38. The van der Waals surface area contributed by atoms with E-state index in [1.807, 2.05) is 62.9 Å². The van der Waals surface area contributed by atoms with Gasteiger partial charge in [0.2, 0.25) is 5.91 Å². The van der Waals surface area contributed by atoms with Crippen molar-refractivity contribution in [2.75, 3.05) is 11.4 Å². The van der Waals surface area contributed by atoms with E-state index in [1.54, 1.807) is 12.1 Å². The van der Waals surface area contributed by atoms with Crippen LogP contribution < -0.4 is 10.2 Å². The average Bonchev–Trinajstić information content (AvgIpc) is 3.06. The van der Waals surface area contributed by atoms with E-state index in [0.717, 1.165) is 24.2 Å². The lowest BCUT2D eigenvalue weighted by Crippen LogP contribution is -2.54. The lowest BCUT2D eigenvalue weighted by atomic mass is 9.73. The monoisotopic (exact) mass is 536 g/mol. The molecule has 2 fully saturated rings. The van der Waals surface area contributed by atoms with Crippen molar-refractivity contribution < 1.29 is 23.3 Å². The number of carbonyl (C=O) groups is 2. The zero-order valence-corrected chi connectivity index (χ0v) is 24.1. The molecule has 0 unspecified atom stereocenters. The van der Waals surface area contributed by atoms with Gasteiger partial charge in [-0.3, -0.25) is 9.59 Å². The number of carbonyl (C=O) groups excluding carboxylic acids is 2. The molecule has 0 aliphatic carbocycles. The highest BCUT2D eigenvalue weighted by molar-refractivity contribution is 6.48. The number of amides is 1. The summed E-state index contributed by atoms with van der Waals surface area (Å²) in [6, 6.07) is 15.7. The summed E-state index contributed by atoms with van der Waals surface area (Å²) >= 11 is 0. The molecule has 0 saturated carbocycles. The highest BCUT2D eigenvalue weighted by atomic mass is 19.1. The van der Waals surface area contributed by atoms with Crippen LogP contribution in [0.5, 0.6) is 0 Å². The smallest absolute Gasteiger partial charge is 0.402 e. The van der Waals surface area contributed by atoms with E-state index in [0.29, 0.717) is 18.8 Å². The fraction of sp³-hybridized carbons (Fsp3) is 0.548. The van der Waals surface area contributed by atoms with E-state index < -0.39 is 24.2 Å². The molecule has 39 heavy (non-hydrogen) atoms. The molecule has 2 heterocycles. The molecule has 1 N–H and O–H groups in total. The van der Waals surface area contributed by atoms with Crippen molar-refractivity contribution >= 4 is 24.5 Å². The molecule has 2 saturated heterocycles. The van der Waals surface area contributed by atoms with Crippen LogP contribution in [0.15, 0.2) is 54.6 Å². The van der Waals surface area contributed by atoms with Crippen LogP contribution in [0.1, 0.15) is 66.4 Å². The van der Waals surface area contributed by atoms with Crippen molar-refractivity contribution in [2.24, 2.45) is 11.8 Å². The molecular weight excluding hydrogens is 494 g/mol. The number of ketones is 1. The Hall–Kier alpha value is -2.71. The minimum absolute atomic E-state index is 0.0256. The Morgan fingerprint density at radius 2 is 1.64 bits per heavy atom. The van der Waals surface area contributed by atoms with Crippen LogP contribution in [-0.2, 0) is 25.3 Å². The van der Waals surface area contributed by atoms with Crippen molar-refractivity contribution in [3.05, 3.63) is 66.0 Å². The second-order valence-electron chi connectivity index (χ2n) is 12.4. The number of nitrogens with zero attached hydrogens (tertiary/aromatic N) is 1. The molecule has 2 aliphatic heterocycles. The highest BCUT2D eigenvalue weighted by Gasteiger charge is 2.54. The van der Waals surface area contributed by atoms with Crippen LogP contribution in [-0.4, -0.2) is 48.5 Å². The Balaban J connectivity index is 1.51. The number of hydrogen-bond acceptors (Lipinski definition) is 5. The van der Waals surface area contributed by atoms with Crippen molar-refractivity contribution in [3.63, 3.8) is 0 Å². The van der Waals surface area contributed by atoms with E-state index in [1.165, 1.54) is 12.1 Å². The van der Waals surface area contributed by atoms with E-state index in [2.05, 4.69) is 19.2 Å². The third kappa shape index (κ3) is 6.90. The first-order valence-electron chi connectivity index (χ1n) is 14.1. The van der Waals surface area contributed by atoms with E-state index in [-0.39, 0.29) is 35.9 Å². The summed E-state index contributed by atoms with van der Waals surface area (Å²) in [5.74, 6) is -1.01. The molecule has 6 nitrogen and oxygen atoms in total. The van der Waals surface area contributed by atoms with Crippen molar-refractivity contribution in [1.29, 1.82) is 0 Å². The maximum Gasteiger partial charge on any atom is 0.481 e. The molecule has 0 bridgehead atoms. The minimum Gasteiger partial charge on any atom is -0.402 e. The van der Waals surface area contributed by atoms with Crippen LogP contribution in [0.3, 0.4) is 0 Å². The van der Waals surface area contributed by atoms with Gasteiger partial charge in [-0.05, 0) is 82.7 Å². The molecule has 2 aromatic carbocycles. The van der Waals surface area contributed by atoms with Crippen molar-refractivity contribution in [1.82, 2.24) is 5.32 Å². The van der Waals surface area contributed by atoms with Gasteiger partial charge in [0.1, 0.15) is 5.82 Å². The van der Waals surface area contributed by atoms with Crippen molar-refractivity contribution in [3.8, 4) is 0 Å². The van der Waals surface area contributed by atoms with Gasteiger partial charge in [0.05, 0.1) is 23.2 Å². The molecule has 2 aromatic rings. The van der Waals surface area contributed by atoms with Gasteiger partial charge in [-0.15, -0.1) is 0 Å². The topological polar surface area (TPSA) is 67.9 Å². The first-order chi connectivity index (χ1) is 18.4. The Bertz CT molecular complexity index is 1120. The highest BCUT2D eigenvalue weighted by Crippen LogP contribution is 2.38. The zero-order chi connectivity index (χ0) is 28.4. The first-order valence-corrected chi connectivity index (χ1v) is 14.1. The molecule has 0 radical (unpaired) electrons. The summed E-state index contributed by atoms with van der Waals surface area (Å²) in [5.41, 5.74) is 0.809. The van der Waals surface area contributed by atoms with Gasteiger partial charge >= 0.3 is 7.12 Å². The number of halogens is 1. The van der Waals surface area contributed by atoms with E-state index in [4.69, 9.17) is 9.31 Å². The van der Waals surface area contributed by atoms with Crippen molar-refractivity contribution in [2.45, 2.75) is 90.4 Å². The molecule has 8 heteroatoms. The lowest BCUT2D eigenvalue weighted by molar-refractivity contribution is -0.130. The number of anilines is 1. The van der Waals surface area contributed by atoms with Crippen LogP contribution in [0, 0.1) is 17.7 Å². The van der Waals surface area contributed by atoms with Gasteiger partial charge in [0, 0.05) is 24.6 Å². The second kappa shape index (κ2) is 11.8. The standard InChI is InChI=1S/C31H42BFN2O4/c1-21(2)18-28(32-38-30(3,4)31(5,6)39-32)34-29(37)23(19-22-10-8-7-9-11-22)20-27(36)26-16-17-35(26)25-14-12-24(33)13-15-25/h7-15,21,23,26,28H,16-20H2,1-6H3,(H,34,37)/t23-,26+,28+/m1/s1. The maximum absolute atomic E-state index is 13.8. The molecule has 2 aliphatic rings. The number of rotatable bonds is 11. The molecule has 210 valence electrons. The fourth-order valence-corrected chi connectivity index (χ4v) is 5.30. The SMILES string of the molecule is CC(C)C[C@H](NC(=O)[C@@H](CC(=O)[C@@H]1CCN1c1ccc(F)cc1)Cc1ccccc1)B1OC(C)(C)C(C)(C)O1. The maximum atomic E-state index is 13.8. The van der Waals surface area contributed by atoms with Gasteiger partial charge < -0.3 is 19.5 Å². The Labute approximate surface area is 232 Å². The molecular formula is C31H42BFN2O4. The Kier molecular flexibility index (Phi) is 8.86. The molecule has 3 atom stereocenters. The van der Waals surface area contributed by atoms with Crippen LogP contribution >= 0.6 is 0 Å². The summed E-state index contributed by atoms with van der Waals surface area (Å²) in [5, 5.41) is 3.22. The van der Waals surface area contributed by atoms with E-state index in [9.17, 15) is 14.0 Å². The third-order valence-corrected chi connectivity index (χ3v) is 8.35. The van der Waals surface area contributed by atoms with Crippen LogP contribution in [0.25, 0.3) is 0 Å².